The zero-order valence-corrected chi connectivity index (χ0v) is 53.6. The van der Waals surface area contributed by atoms with E-state index >= 15 is 0 Å². The summed E-state index contributed by atoms with van der Waals surface area (Å²) in [6, 6.07) is -0.967. The highest BCUT2D eigenvalue weighted by Crippen LogP contribution is 2.33. The number of hydrogen-bond acceptors (Lipinski definition) is 18. The molecule has 3 heterocycles. The molecule has 3 aliphatic heterocycles. The zero-order chi connectivity index (χ0) is 62.6. The third-order valence-corrected chi connectivity index (χ3v) is 17.8. The Balaban J connectivity index is 1.36. The van der Waals surface area contributed by atoms with Gasteiger partial charge in [0.15, 0.2) is 18.9 Å². The monoisotopic (exact) mass is 1230 g/mol. The molecule has 508 valence electrons. The van der Waals surface area contributed by atoms with Gasteiger partial charge in [-0.1, -0.05) is 264 Å². The summed E-state index contributed by atoms with van der Waals surface area (Å²) in [5, 5.41) is 120. The molecule has 86 heavy (non-hydrogen) atoms. The van der Waals surface area contributed by atoms with Gasteiger partial charge in [0.2, 0.25) is 5.91 Å². The van der Waals surface area contributed by atoms with Gasteiger partial charge in [-0.05, 0) is 19.3 Å². The van der Waals surface area contributed by atoms with Crippen LogP contribution in [-0.4, -0.2) is 193 Å². The van der Waals surface area contributed by atoms with E-state index in [0.717, 1.165) is 44.9 Å². The Morgan fingerprint density at radius 1 is 0.407 bits per heavy atom. The van der Waals surface area contributed by atoms with Crippen molar-refractivity contribution >= 4 is 5.91 Å². The Hall–Kier alpha value is -1.47. The molecule has 17 unspecified atom stereocenters. The van der Waals surface area contributed by atoms with Gasteiger partial charge >= 0.3 is 0 Å². The maximum atomic E-state index is 13.3. The molecule has 0 radical (unpaired) electrons. The molecule has 0 saturated carbocycles. The van der Waals surface area contributed by atoms with Crippen LogP contribution in [0.5, 0.6) is 0 Å². The van der Waals surface area contributed by atoms with E-state index in [9.17, 15) is 61.0 Å². The Bertz CT molecular complexity index is 1620. The number of rotatable bonds is 54. The number of amides is 1. The van der Waals surface area contributed by atoms with Crippen LogP contribution in [0, 0.1) is 0 Å². The molecule has 19 nitrogen and oxygen atoms in total. The van der Waals surface area contributed by atoms with Crippen LogP contribution in [0.15, 0.2) is 12.2 Å². The molecule has 0 bridgehead atoms. The molecule has 17 atom stereocenters. The third-order valence-electron chi connectivity index (χ3n) is 17.8. The summed E-state index contributed by atoms with van der Waals surface area (Å²) in [5.41, 5.74) is 0. The predicted molar refractivity (Wildman–Crippen MR) is 333 cm³/mol. The fourth-order valence-corrected chi connectivity index (χ4v) is 12.1. The summed E-state index contributed by atoms with van der Waals surface area (Å²) in [5.74, 6) is -0.274. The van der Waals surface area contributed by atoms with Crippen LogP contribution in [-0.2, 0) is 33.2 Å². The standard InChI is InChI=1S/C67H127NO18/c1-3-5-7-9-11-13-15-16-17-18-19-20-21-22-23-24-25-26-27-28-29-30-31-32-33-34-35-36-38-40-42-44-51(72)50(68-55(73)45-43-41-39-37-14-12-10-8-6-4-2)49-81-65-61(79)58(76)63(53(47-70)83-65)86-67-62(80)59(77)64(54(48-71)84-67)85-66-60(78)57(75)56(74)52(46-69)82-66/h42,44,50-54,56-67,69-72,74-80H,3-41,43,45-49H2,1-2H3,(H,68,73)/b44-42+. The molecular weight excluding hydrogens is 1110 g/mol. The van der Waals surface area contributed by atoms with Crippen molar-refractivity contribution in [3.63, 3.8) is 0 Å². The summed E-state index contributed by atoms with van der Waals surface area (Å²) in [6.45, 7) is 1.73. The fourth-order valence-electron chi connectivity index (χ4n) is 12.1. The lowest BCUT2D eigenvalue weighted by atomic mass is 9.96. The van der Waals surface area contributed by atoms with E-state index in [0.29, 0.717) is 6.42 Å². The minimum Gasteiger partial charge on any atom is -0.394 e. The number of unbranched alkanes of at least 4 members (excludes halogenated alkanes) is 38. The highest BCUT2D eigenvalue weighted by atomic mass is 16.8. The van der Waals surface area contributed by atoms with E-state index in [1.165, 1.54) is 205 Å². The van der Waals surface area contributed by atoms with Gasteiger partial charge in [-0.2, -0.15) is 0 Å². The van der Waals surface area contributed by atoms with Crippen molar-refractivity contribution < 1.29 is 89.4 Å². The van der Waals surface area contributed by atoms with Crippen LogP contribution in [0.3, 0.4) is 0 Å². The lowest BCUT2D eigenvalue weighted by Crippen LogP contribution is -2.66. The second kappa shape index (κ2) is 50.1. The van der Waals surface area contributed by atoms with Crippen LogP contribution in [0.4, 0.5) is 0 Å². The van der Waals surface area contributed by atoms with Crippen LogP contribution in [0.25, 0.3) is 0 Å². The number of allylic oxidation sites excluding steroid dienone is 1. The zero-order valence-electron chi connectivity index (χ0n) is 53.6. The largest absolute Gasteiger partial charge is 0.394 e. The second-order valence-electron chi connectivity index (χ2n) is 25.4. The van der Waals surface area contributed by atoms with E-state index in [4.69, 9.17) is 28.4 Å². The van der Waals surface area contributed by atoms with Gasteiger partial charge in [-0.15, -0.1) is 0 Å². The van der Waals surface area contributed by atoms with Gasteiger partial charge in [-0.3, -0.25) is 4.79 Å². The average Bonchev–Trinajstić information content (AvgIpc) is 1.67. The van der Waals surface area contributed by atoms with Crippen molar-refractivity contribution in [2.75, 3.05) is 26.4 Å². The Morgan fingerprint density at radius 3 is 1.09 bits per heavy atom. The topological polar surface area (TPSA) is 307 Å². The summed E-state index contributed by atoms with van der Waals surface area (Å²) in [7, 11) is 0. The molecule has 1 amide bonds. The fraction of sp³-hybridized carbons (Fsp3) is 0.955. The van der Waals surface area contributed by atoms with Crippen LogP contribution < -0.4 is 5.32 Å². The second-order valence-corrected chi connectivity index (χ2v) is 25.4. The van der Waals surface area contributed by atoms with Gasteiger partial charge in [0.1, 0.15) is 73.2 Å². The average molecular weight is 1230 g/mol. The lowest BCUT2D eigenvalue weighted by molar-refractivity contribution is -0.379. The van der Waals surface area contributed by atoms with Crippen LogP contribution >= 0.6 is 0 Å². The number of aliphatic hydroxyl groups is 11. The number of hydrogen-bond donors (Lipinski definition) is 12. The molecule has 0 aromatic carbocycles. The van der Waals surface area contributed by atoms with E-state index in [1.54, 1.807) is 6.08 Å². The molecule has 19 heteroatoms. The molecule has 0 spiro atoms. The number of carbonyl (C=O) groups is 1. The van der Waals surface area contributed by atoms with Gasteiger partial charge in [0.25, 0.3) is 0 Å². The lowest BCUT2D eigenvalue weighted by Gasteiger charge is -2.48. The number of carbonyl (C=O) groups excluding carboxylic acids is 1. The van der Waals surface area contributed by atoms with Crippen molar-refractivity contribution in [2.24, 2.45) is 0 Å². The van der Waals surface area contributed by atoms with Crippen molar-refractivity contribution in [3.05, 3.63) is 12.2 Å². The summed E-state index contributed by atoms with van der Waals surface area (Å²) in [6.07, 6.45) is 28.0. The van der Waals surface area contributed by atoms with E-state index in [2.05, 4.69) is 19.2 Å². The van der Waals surface area contributed by atoms with Gasteiger partial charge < -0.3 is 89.9 Å². The Morgan fingerprint density at radius 2 is 0.721 bits per heavy atom. The van der Waals surface area contributed by atoms with E-state index in [1.807, 2.05) is 6.08 Å². The molecular formula is C67H127NO18. The Kier molecular flexibility index (Phi) is 45.9. The number of ether oxygens (including phenoxy) is 6. The van der Waals surface area contributed by atoms with E-state index in [-0.39, 0.29) is 18.9 Å². The molecule has 12 N–H and O–H groups in total. The molecule has 0 aromatic rings. The summed E-state index contributed by atoms with van der Waals surface area (Å²) < 4.78 is 34.3. The quantitative estimate of drug-likeness (QED) is 0.0200. The first kappa shape index (κ1) is 78.8. The van der Waals surface area contributed by atoms with E-state index < -0.39 is 124 Å². The summed E-state index contributed by atoms with van der Waals surface area (Å²) >= 11 is 0. The van der Waals surface area contributed by atoms with Crippen LogP contribution in [0.1, 0.15) is 277 Å². The minimum atomic E-state index is -1.97. The SMILES string of the molecule is CCCCCCCCCCCCCCCCCCCCCCCCCCCCCCC/C=C/C(O)C(COC1OC(CO)C(OC2OC(CO)C(OC3OC(CO)C(O)C(O)C3O)C(O)C2O)C(O)C1O)NC(=O)CCCCCCCCCCCC. The normalized spacial score (nSPS) is 28.8. The smallest absolute Gasteiger partial charge is 0.220 e. The summed E-state index contributed by atoms with van der Waals surface area (Å²) in [4.78, 5) is 13.3. The molecule has 3 fully saturated rings. The van der Waals surface area contributed by atoms with Gasteiger partial charge in [0, 0.05) is 6.42 Å². The Labute approximate surface area is 518 Å². The third kappa shape index (κ3) is 32.2. The maximum Gasteiger partial charge on any atom is 0.220 e. The number of nitrogens with one attached hydrogen (secondary N) is 1. The van der Waals surface area contributed by atoms with Crippen molar-refractivity contribution in [1.82, 2.24) is 5.32 Å². The van der Waals surface area contributed by atoms with Gasteiger partial charge in [0.05, 0.1) is 38.6 Å². The molecule has 3 saturated heterocycles. The first-order valence-corrected chi connectivity index (χ1v) is 34.9. The van der Waals surface area contributed by atoms with Crippen molar-refractivity contribution in [2.45, 2.75) is 381 Å². The van der Waals surface area contributed by atoms with Gasteiger partial charge in [-0.25, -0.2) is 0 Å². The molecule has 0 aliphatic carbocycles. The predicted octanol–water partition coefficient (Wildman–Crippen LogP) is 8.89. The van der Waals surface area contributed by atoms with Crippen molar-refractivity contribution in [1.29, 1.82) is 0 Å². The molecule has 0 aromatic heterocycles. The highest BCUT2D eigenvalue weighted by molar-refractivity contribution is 5.76. The van der Waals surface area contributed by atoms with Crippen molar-refractivity contribution in [3.8, 4) is 0 Å². The number of aliphatic hydroxyl groups excluding tert-OH is 11. The first-order chi connectivity index (χ1) is 41.8. The highest BCUT2D eigenvalue weighted by Gasteiger charge is 2.53. The molecule has 3 aliphatic rings. The minimum absolute atomic E-state index is 0.248. The molecule has 3 rings (SSSR count). The van der Waals surface area contributed by atoms with Crippen LogP contribution in [0.2, 0.25) is 0 Å². The maximum absolute atomic E-state index is 13.3. The first-order valence-electron chi connectivity index (χ1n) is 34.9.